The minimum atomic E-state index is 0.0410. The van der Waals surface area contributed by atoms with Gasteiger partial charge in [0.2, 0.25) is 5.91 Å². The predicted molar refractivity (Wildman–Crippen MR) is 72.1 cm³/mol. The molecule has 92 valence electrons. The molecule has 1 saturated carbocycles. The molecule has 17 heavy (non-hydrogen) atoms. The Morgan fingerprint density at radius 1 is 1.53 bits per heavy atom. The summed E-state index contributed by atoms with van der Waals surface area (Å²) >= 11 is 3.51. The number of nitrogens with one attached hydrogen (secondary N) is 1. The largest absolute Gasteiger partial charge is 0.334 e. The Labute approximate surface area is 110 Å². The fourth-order valence-electron chi connectivity index (χ4n) is 2.11. The summed E-state index contributed by atoms with van der Waals surface area (Å²) in [5, 5.41) is 7.49. The van der Waals surface area contributed by atoms with Crippen LogP contribution in [-0.2, 0) is 11.3 Å². The van der Waals surface area contributed by atoms with E-state index in [1.807, 2.05) is 11.8 Å². The summed E-state index contributed by atoms with van der Waals surface area (Å²) in [5.74, 6) is 2.13. The first-order chi connectivity index (χ1) is 8.34. The van der Waals surface area contributed by atoms with E-state index in [2.05, 4.69) is 27.0 Å². The number of thiophene rings is 1. The lowest BCUT2D eigenvalue weighted by molar-refractivity contribution is -0.133. The smallest absolute Gasteiger partial charge is 0.241 e. The van der Waals surface area contributed by atoms with Crippen molar-refractivity contribution < 1.29 is 4.79 Å². The van der Waals surface area contributed by atoms with Gasteiger partial charge < -0.3 is 4.90 Å². The van der Waals surface area contributed by atoms with Crippen molar-refractivity contribution >= 4 is 29.0 Å². The summed E-state index contributed by atoms with van der Waals surface area (Å²) in [7, 11) is 0. The Bertz CT molecular complexity index is 383. The van der Waals surface area contributed by atoms with E-state index < -0.39 is 0 Å². The molecule has 2 fully saturated rings. The summed E-state index contributed by atoms with van der Waals surface area (Å²) in [6.45, 7) is 0.788. The van der Waals surface area contributed by atoms with Gasteiger partial charge in [-0.15, -0.1) is 11.8 Å². The van der Waals surface area contributed by atoms with Crippen molar-refractivity contribution in [2.24, 2.45) is 0 Å². The first-order valence-corrected chi connectivity index (χ1v) is 8.07. The molecule has 1 atom stereocenters. The number of carbonyl (C=O) groups excluding carboxylic acids is 1. The minimum absolute atomic E-state index is 0.0410. The van der Waals surface area contributed by atoms with Crippen LogP contribution >= 0.6 is 23.1 Å². The number of thioether (sulfide) groups is 1. The van der Waals surface area contributed by atoms with E-state index >= 15 is 0 Å². The van der Waals surface area contributed by atoms with Gasteiger partial charge in [-0.05, 0) is 35.2 Å². The molecule has 1 unspecified atom stereocenters. The van der Waals surface area contributed by atoms with E-state index in [4.69, 9.17) is 0 Å². The molecule has 0 radical (unpaired) electrons. The highest BCUT2D eigenvalue weighted by molar-refractivity contribution is 7.99. The molecule has 3 nitrogen and oxygen atoms in total. The van der Waals surface area contributed by atoms with E-state index in [1.165, 1.54) is 18.4 Å². The molecule has 1 N–H and O–H groups in total. The molecule has 1 aromatic rings. The Kier molecular flexibility index (Phi) is 3.40. The van der Waals surface area contributed by atoms with Gasteiger partial charge in [-0.1, -0.05) is 0 Å². The zero-order valence-electron chi connectivity index (χ0n) is 9.59. The highest BCUT2D eigenvalue weighted by atomic mass is 32.2. The maximum atomic E-state index is 12.4. The minimum Gasteiger partial charge on any atom is -0.334 e. The molecule has 2 aliphatic rings. The summed E-state index contributed by atoms with van der Waals surface area (Å²) in [6, 6.07) is 2.65. The lowest BCUT2D eigenvalue weighted by Gasteiger charge is -2.25. The van der Waals surface area contributed by atoms with Crippen LogP contribution in [0.1, 0.15) is 18.4 Å². The topological polar surface area (TPSA) is 32.3 Å². The Morgan fingerprint density at radius 2 is 2.41 bits per heavy atom. The molecule has 0 aromatic carbocycles. The third-order valence-electron chi connectivity index (χ3n) is 3.22. The summed E-state index contributed by atoms with van der Waals surface area (Å²) in [5.41, 5.74) is 1.26. The van der Waals surface area contributed by atoms with Gasteiger partial charge in [0.25, 0.3) is 0 Å². The van der Waals surface area contributed by atoms with Gasteiger partial charge in [0, 0.05) is 24.2 Å². The summed E-state index contributed by atoms with van der Waals surface area (Å²) in [6.07, 6.45) is 2.35. The quantitative estimate of drug-likeness (QED) is 0.905. The van der Waals surface area contributed by atoms with Crippen LogP contribution in [0.15, 0.2) is 16.8 Å². The van der Waals surface area contributed by atoms with Gasteiger partial charge in [-0.25, -0.2) is 0 Å². The molecular formula is C12H16N2OS2. The fourth-order valence-corrected chi connectivity index (χ4v) is 3.70. The monoisotopic (exact) mass is 268 g/mol. The highest BCUT2D eigenvalue weighted by Crippen LogP contribution is 2.30. The zero-order valence-corrected chi connectivity index (χ0v) is 11.2. The normalized spacial score (nSPS) is 23.9. The van der Waals surface area contributed by atoms with Crippen molar-refractivity contribution in [3.63, 3.8) is 0 Å². The van der Waals surface area contributed by atoms with E-state index in [-0.39, 0.29) is 6.04 Å². The van der Waals surface area contributed by atoms with Crippen LogP contribution in [0.2, 0.25) is 0 Å². The van der Waals surface area contributed by atoms with Crippen molar-refractivity contribution in [2.75, 3.05) is 11.6 Å². The number of hydrogen-bond donors (Lipinski definition) is 1. The molecule has 2 heterocycles. The maximum Gasteiger partial charge on any atom is 0.241 e. The Hall–Kier alpha value is -0.520. The van der Waals surface area contributed by atoms with Crippen LogP contribution in [0.4, 0.5) is 0 Å². The average Bonchev–Trinajstić information content (AvgIpc) is 2.86. The molecule has 0 bridgehead atoms. The summed E-state index contributed by atoms with van der Waals surface area (Å²) in [4.78, 5) is 14.5. The van der Waals surface area contributed by atoms with Crippen LogP contribution < -0.4 is 5.32 Å². The highest BCUT2D eigenvalue weighted by Gasteiger charge is 2.36. The van der Waals surface area contributed by atoms with Crippen LogP contribution in [0, 0.1) is 0 Å². The van der Waals surface area contributed by atoms with Crippen LogP contribution in [0.25, 0.3) is 0 Å². The Balaban J connectivity index is 1.68. The number of rotatable bonds is 4. The first-order valence-electron chi connectivity index (χ1n) is 5.97. The maximum absolute atomic E-state index is 12.4. The van der Waals surface area contributed by atoms with Crippen molar-refractivity contribution in [1.29, 1.82) is 0 Å². The van der Waals surface area contributed by atoms with E-state index in [9.17, 15) is 4.79 Å². The molecule has 3 rings (SSSR count). The summed E-state index contributed by atoms with van der Waals surface area (Å²) < 4.78 is 0. The van der Waals surface area contributed by atoms with Gasteiger partial charge in [0.05, 0.1) is 6.04 Å². The molecule has 1 aromatic heterocycles. The molecule has 5 heteroatoms. The van der Waals surface area contributed by atoms with E-state index in [0.717, 1.165) is 18.2 Å². The van der Waals surface area contributed by atoms with Crippen molar-refractivity contribution in [1.82, 2.24) is 10.2 Å². The average molecular weight is 268 g/mol. The number of amides is 1. The molecule has 1 aliphatic carbocycles. The second-order valence-corrected chi connectivity index (χ2v) is 6.41. The molecule has 1 amide bonds. The van der Waals surface area contributed by atoms with E-state index in [1.54, 1.807) is 11.3 Å². The van der Waals surface area contributed by atoms with Crippen molar-refractivity contribution in [2.45, 2.75) is 31.5 Å². The van der Waals surface area contributed by atoms with Crippen molar-refractivity contribution in [3.8, 4) is 0 Å². The van der Waals surface area contributed by atoms with Gasteiger partial charge in [-0.2, -0.15) is 11.3 Å². The van der Waals surface area contributed by atoms with Gasteiger partial charge in [0.1, 0.15) is 0 Å². The third kappa shape index (κ3) is 2.67. The number of carbonyl (C=O) groups is 1. The van der Waals surface area contributed by atoms with Gasteiger partial charge in [-0.3, -0.25) is 10.1 Å². The SMILES string of the molecule is O=C(C1CSCN1)N(Cc1ccsc1)C1CC1. The van der Waals surface area contributed by atoms with Gasteiger partial charge >= 0.3 is 0 Å². The molecular weight excluding hydrogens is 252 g/mol. The van der Waals surface area contributed by atoms with E-state index in [0.29, 0.717) is 11.9 Å². The molecule has 1 saturated heterocycles. The fraction of sp³-hybridized carbons (Fsp3) is 0.583. The third-order valence-corrected chi connectivity index (χ3v) is 4.89. The lowest BCUT2D eigenvalue weighted by atomic mass is 10.2. The predicted octanol–water partition coefficient (Wildman–Crippen LogP) is 1.90. The first kappa shape index (κ1) is 11.6. The second-order valence-electron chi connectivity index (χ2n) is 4.60. The lowest BCUT2D eigenvalue weighted by Crippen LogP contribution is -2.45. The van der Waals surface area contributed by atoms with Gasteiger partial charge in [0.15, 0.2) is 0 Å². The molecule has 0 spiro atoms. The Morgan fingerprint density at radius 3 is 3.00 bits per heavy atom. The zero-order chi connectivity index (χ0) is 11.7. The van der Waals surface area contributed by atoms with Crippen molar-refractivity contribution in [3.05, 3.63) is 22.4 Å². The second kappa shape index (κ2) is 5.00. The number of nitrogens with zero attached hydrogens (tertiary/aromatic N) is 1. The number of hydrogen-bond acceptors (Lipinski definition) is 4. The van der Waals surface area contributed by atoms with Crippen LogP contribution in [0.3, 0.4) is 0 Å². The van der Waals surface area contributed by atoms with Crippen LogP contribution in [-0.4, -0.2) is 34.5 Å². The standard InChI is InChI=1S/C12H16N2OS2/c15-12(11-7-17-8-13-11)14(10-1-2-10)5-9-3-4-16-6-9/h3-4,6,10-11,13H,1-2,5,7-8H2. The van der Waals surface area contributed by atoms with Crippen LogP contribution in [0.5, 0.6) is 0 Å². The molecule has 1 aliphatic heterocycles.